The van der Waals surface area contributed by atoms with Crippen LogP contribution >= 0.6 is 10.0 Å². The summed E-state index contributed by atoms with van der Waals surface area (Å²) in [6.45, 7) is 13.1. The molecule has 4 nitrogen and oxygen atoms in total. The van der Waals surface area contributed by atoms with Crippen LogP contribution in [0, 0.1) is 5.92 Å². The van der Waals surface area contributed by atoms with Crippen LogP contribution in [-0.2, 0) is 10.5 Å². The van der Waals surface area contributed by atoms with Gasteiger partial charge in [0.15, 0.2) is 0 Å². The Labute approximate surface area is 190 Å². The molecule has 1 amide bonds. The Balaban J connectivity index is 1.67. The Morgan fingerprint density at radius 3 is 2.29 bits per heavy atom. The van der Waals surface area contributed by atoms with Gasteiger partial charge in [0.1, 0.15) is 5.60 Å². The average molecular weight is 445 g/mol. The Bertz CT molecular complexity index is 762. The molecule has 1 aromatic carbocycles. The first kappa shape index (κ1) is 23.9. The van der Waals surface area contributed by atoms with Crippen LogP contribution in [0.3, 0.4) is 0 Å². The number of benzene rings is 1. The lowest BCUT2D eigenvalue weighted by molar-refractivity contribution is 0.0148. The van der Waals surface area contributed by atoms with Crippen LogP contribution in [0.2, 0.25) is 0 Å². The number of likely N-dealkylation sites (tertiary alicyclic amines) is 1. The second-order valence-electron chi connectivity index (χ2n) is 10.3. The summed E-state index contributed by atoms with van der Waals surface area (Å²) in [6, 6.07) is 11.4. The number of carbonyl (C=O) groups excluding carboxylic acids is 1. The topological polar surface area (TPSA) is 32.8 Å². The van der Waals surface area contributed by atoms with Crippen molar-refractivity contribution in [3.05, 3.63) is 58.9 Å². The molecule has 0 spiro atoms. The van der Waals surface area contributed by atoms with Crippen LogP contribution in [0.4, 0.5) is 4.79 Å². The van der Waals surface area contributed by atoms with Gasteiger partial charge in [-0.2, -0.15) is 10.0 Å². The van der Waals surface area contributed by atoms with Gasteiger partial charge in [0.25, 0.3) is 0 Å². The lowest BCUT2D eigenvalue weighted by atomic mass is 10.0. The second-order valence-corrected chi connectivity index (χ2v) is 13.4. The fourth-order valence-electron chi connectivity index (χ4n) is 4.39. The van der Waals surface area contributed by atoms with Crippen molar-refractivity contribution < 1.29 is 9.53 Å². The lowest BCUT2D eigenvalue weighted by Gasteiger charge is -2.44. The third-order valence-electron chi connectivity index (χ3n) is 5.73. The molecule has 1 fully saturated rings. The maximum absolute atomic E-state index is 12.5. The van der Waals surface area contributed by atoms with Crippen molar-refractivity contribution in [3.63, 3.8) is 0 Å². The van der Waals surface area contributed by atoms with Crippen molar-refractivity contribution in [2.24, 2.45) is 5.92 Å². The number of carbonyl (C=O) groups is 1. The molecule has 172 valence electrons. The Kier molecular flexibility index (Phi) is 7.92. The SMILES string of the molecule is CC(C)CN(CS1(Cc2ccccc2)C=CC=C1)C1CCN(C(=O)OC(C)(C)C)CC1. The van der Waals surface area contributed by atoms with Crippen LogP contribution in [0.1, 0.15) is 53.0 Å². The predicted octanol–water partition coefficient (Wildman–Crippen LogP) is 6.35. The van der Waals surface area contributed by atoms with Crippen LogP contribution in [0.5, 0.6) is 0 Å². The van der Waals surface area contributed by atoms with E-state index in [1.807, 2.05) is 25.7 Å². The number of nitrogens with zero attached hydrogens (tertiary/aromatic N) is 2. The molecule has 0 unspecified atom stereocenters. The number of hydrogen-bond acceptors (Lipinski definition) is 3. The molecule has 0 aliphatic carbocycles. The first-order valence-corrected chi connectivity index (χ1v) is 13.6. The lowest BCUT2D eigenvalue weighted by Crippen LogP contribution is -2.49. The maximum atomic E-state index is 12.5. The summed E-state index contributed by atoms with van der Waals surface area (Å²) in [5, 5.41) is 4.92. The molecule has 1 saturated heterocycles. The van der Waals surface area contributed by atoms with E-state index < -0.39 is 15.6 Å². The largest absolute Gasteiger partial charge is 0.444 e. The summed E-state index contributed by atoms with van der Waals surface area (Å²) in [6.07, 6.45) is 6.32. The van der Waals surface area contributed by atoms with E-state index in [1.165, 1.54) is 5.56 Å². The third-order valence-corrected chi connectivity index (χ3v) is 8.81. The summed E-state index contributed by atoms with van der Waals surface area (Å²) in [5.74, 6) is 2.82. The molecular weight excluding hydrogens is 404 g/mol. The fraction of sp³-hybridized carbons (Fsp3) is 0.577. The van der Waals surface area contributed by atoms with E-state index in [0.717, 1.165) is 44.1 Å². The highest BCUT2D eigenvalue weighted by Gasteiger charge is 2.33. The van der Waals surface area contributed by atoms with Crippen LogP contribution in [-0.4, -0.2) is 53.0 Å². The summed E-state index contributed by atoms with van der Waals surface area (Å²) >= 11 is 0. The standard InChI is InChI=1S/C26H40N2O2S/c1-22(2)19-28(24-13-15-27(16-14-24)25(29)30-26(3,4)5)21-31(17-9-10-18-31)20-23-11-7-6-8-12-23/h6-12,17-18,22,24H,13-16,19-21H2,1-5H3. The van der Waals surface area contributed by atoms with Gasteiger partial charge < -0.3 is 9.64 Å². The van der Waals surface area contributed by atoms with Gasteiger partial charge in [-0.15, -0.1) is 0 Å². The zero-order valence-electron chi connectivity index (χ0n) is 19.9. The molecule has 0 aromatic heterocycles. The van der Waals surface area contributed by atoms with Gasteiger partial charge >= 0.3 is 6.09 Å². The molecule has 3 rings (SSSR count). The Morgan fingerprint density at radius 1 is 1.13 bits per heavy atom. The second kappa shape index (κ2) is 10.3. The molecule has 0 atom stereocenters. The smallest absolute Gasteiger partial charge is 0.410 e. The molecule has 2 heterocycles. The molecule has 5 heteroatoms. The zero-order chi connectivity index (χ0) is 22.5. The van der Waals surface area contributed by atoms with Crippen LogP contribution in [0.15, 0.2) is 53.3 Å². The maximum Gasteiger partial charge on any atom is 0.410 e. The van der Waals surface area contributed by atoms with E-state index in [-0.39, 0.29) is 6.09 Å². The van der Waals surface area contributed by atoms with Crippen LogP contribution in [0.25, 0.3) is 0 Å². The number of amides is 1. The highest BCUT2D eigenvalue weighted by molar-refractivity contribution is 8.37. The third kappa shape index (κ3) is 7.15. The quantitative estimate of drug-likeness (QED) is 0.491. The molecule has 31 heavy (non-hydrogen) atoms. The molecule has 2 aliphatic rings. The van der Waals surface area contributed by atoms with Crippen molar-refractivity contribution in [2.75, 3.05) is 25.5 Å². The molecule has 0 bridgehead atoms. The van der Waals surface area contributed by atoms with Crippen molar-refractivity contribution in [1.82, 2.24) is 9.80 Å². The number of piperidine rings is 1. The molecule has 0 N–H and O–H groups in total. The van der Waals surface area contributed by atoms with Crippen molar-refractivity contribution in [3.8, 4) is 0 Å². The number of ether oxygens (including phenoxy) is 1. The predicted molar refractivity (Wildman–Crippen MR) is 133 cm³/mol. The van der Waals surface area contributed by atoms with Crippen molar-refractivity contribution in [1.29, 1.82) is 0 Å². The minimum absolute atomic E-state index is 0.172. The summed E-state index contributed by atoms with van der Waals surface area (Å²) in [4.78, 5) is 17.1. The van der Waals surface area contributed by atoms with Gasteiger partial charge in [-0.1, -0.05) is 56.3 Å². The van der Waals surface area contributed by atoms with E-state index in [9.17, 15) is 4.79 Å². The van der Waals surface area contributed by atoms with E-state index in [2.05, 4.69) is 72.0 Å². The number of allylic oxidation sites excluding steroid dienone is 2. The van der Waals surface area contributed by atoms with Crippen molar-refractivity contribution in [2.45, 2.75) is 64.9 Å². The molecule has 0 radical (unpaired) electrons. The minimum Gasteiger partial charge on any atom is -0.444 e. The first-order chi connectivity index (χ1) is 14.7. The zero-order valence-corrected chi connectivity index (χ0v) is 20.7. The Hall–Kier alpha value is -1.72. The molecule has 2 aliphatic heterocycles. The highest BCUT2D eigenvalue weighted by atomic mass is 32.3. The number of rotatable bonds is 7. The van der Waals surface area contributed by atoms with Gasteiger partial charge in [-0.25, -0.2) is 4.79 Å². The van der Waals surface area contributed by atoms with Gasteiger partial charge in [0.2, 0.25) is 0 Å². The molecular formula is C26H40N2O2S. The van der Waals surface area contributed by atoms with E-state index >= 15 is 0 Å². The van der Waals surface area contributed by atoms with Gasteiger partial charge in [0, 0.05) is 37.3 Å². The van der Waals surface area contributed by atoms with E-state index in [0.29, 0.717) is 12.0 Å². The van der Waals surface area contributed by atoms with Gasteiger partial charge in [0.05, 0.1) is 0 Å². The van der Waals surface area contributed by atoms with Gasteiger partial charge in [-0.3, -0.25) is 4.90 Å². The number of hydrogen-bond donors (Lipinski definition) is 0. The highest BCUT2D eigenvalue weighted by Crippen LogP contribution is 2.57. The van der Waals surface area contributed by atoms with Gasteiger partial charge in [-0.05, 0) is 55.9 Å². The summed E-state index contributed by atoms with van der Waals surface area (Å²) < 4.78 is 5.59. The summed E-state index contributed by atoms with van der Waals surface area (Å²) in [7, 11) is -1.00. The summed E-state index contributed by atoms with van der Waals surface area (Å²) in [5.41, 5.74) is 0.976. The first-order valence-electron chi connectivity index (χ1n) is 11.6. The normalized spacial score (nSPS) is 19.9. The Morgan fingerprint density at radius 2 is 1.74 bits per heavy atom. The molecule has 1 aromatic rings. The van der Waals surface area contributed by atoms with E-state index in [1.54, 1.807) is 0 Å². The fourth-order valence-corrected chi connectivity index (χ4v) is 7.49. The van der Waals surface area contributed by atoms with E-state index in [4.69, 9.17) is 4.74 Å². The molecule has 0 saturated carbocycles. The monoisotopic (exact) mass is 444 g/mol. The average Bonchev–Trinajstić information content (AvgIpc) is 3.15. The van der Waals surface area contributed by atoms with Crippen molar-refractivity contribution >= 4 is 16.1 Å². The van der Waals surface area contributed by atoms with Crippen LogP contribution < -0.4 is 0 Å². The minimum atomic E-state index is -1.00.